The van der Waals surface area contributed by atoms with E-state index in [1.54, 1.807) is 31.2 Å². The van der Waals surface area contributed by atoms with Gasteiger partial charge in [0.25, 0.3) is 5.69 Å². The fraction of sp³-hybridized carbons (Fsp3) is 0.300. The minimum atomic E-state index is -3.87. The Morgan fingerprint density at radius 3 is 2.53 bits per heavy atom. The number of carbonyl (C=O) groups is 1. The highest BCUT2D eigenvalue weighted by atomic mass is 32.2. The molecule has 3 rings (SSSR count). The van der Waals surface area contributed by atoms with E-state index < -0.39 is 20.6 Å². The molecule has 0 aromatic heterocycles. The van der Waals surface area contributed by atoms with Crippen LogP contribution < -0.4 is 10.7 Å². The zero-order valence-electron chi connectivity index (χ0n) is 17.6. The number of sulfonamides is 1. The number of benzene rings is 2. The van der Waals surface area contributed by atoms with Crippen LogP contribution in [0.2, 0.25) is 0 Å². The Balaban J connectivity index is 1.85. The Kier molecular flexibility index (Phi) is 7.18. The lowest BCUT2D eigenvalue weighted by Gasteiger charge is -2.26. The number of morpholine rings is 1. The van der Waals surface area contributed by atoms with Crippen LogP contribution in [-0.4, -0.2) is 55.6 Å². The SMILES string of the molecule is CC(=O)Nc1cccc(C(C)=NNc2ccc(S(=O)(=O)N3CCOCC3)cc2[N+](=O)[O-])c1. The second-order valence-corrected chi connectivity index (χ2v) is 8.96. The summed E-state index contributed by atoms with van der Waals surface area (Å²) in [4.78, 5) is 22.0. The number of nitro benzene ring substituents is 1. The first-order chi connectivity index (χ1) is 15.2. The van der Waals surface area contributed by atoms with E-state index in [0.717, 1.165) is 6.07 Å². The average molecular weight is 462 g/mol. The zero-order chi connectivity index (χ0) is 23.3. The van der Waals surface area contributed by atoms with E-state index in [0.29, 0.717) is 17.0 Å². The number of rotatable bonds is 7. The second kappa shape index (κ2) is 9.85. The minimum absolute atomic E-state index is 0.0493. The van der Waals surface area contributed by atoms with Gasteiger partial charge in [-0.3, -0.25) is 20.3 Å². The van der Waals surface area contributed by atoms with Crippen LogP contribution in [0.25, 0.3) is 0 Å². The lowest BCUT2D eigenvalue weighted by molar-refractivity contribution is -0.384. The minimum Gasteiger partial charge on any atom is -0.379 e. The van der Waals surface area contributed by atoms with Gasteiger partial charge in [-0.15, -0.1) is 0 Å². The predicted molar refractivity (Wildman–Crippen MR) is 119 cm³/mol. The first-order valence-corrected chi connectivity index (χ1v) is 11.2. The number of hydrazone groups is 1. The maximum Gasteiger partial charge on any atom is 0.295 e. The molecule has 2 aromatic carbocycles. The molecular formula is C20H23N5O6S. The highest BCUT2D eigenvalue weighted by molar-refractivity contribution is 7.89. The summed E-state index contributed by atoms with van der Waals surface area (Å²) in [6.07, 6.45) is 0. The van der Waals surface area contributed by atoms with Crippen LogP contribution in [0.3, 0.4) is 0 Å². The molecule has 1 amide bonds. The normalized spacial score (nSPS) is 15.2. The third-order valence-electron chi connectivity index (χ3n) is 4.72. The first kappa shape index (κ1) is 23.3. The van der Waals surface area contributed by atoms with Gasteiger partial charge in [0.15, 0.2) is 0 Å². The molecule has 1 aliphatic heterocycles. The molecule has 12 heteroatoms. The Bertz CT molecular complexity index is 1160. The molecule has 0 saturated carbocycles. The van der Waals surface area contributed by atoms with Gasteiger partial charge >= 0.3 is 0 Å². The molecule has 0 radical (unpaired) electrons. The monoisotopic (exact) mass is 461 g/mol. The Morgan fingerprint density at radius 2 is 1.88 bits per heavy atom. The number of hydrogen-bond donors (Lipinski definition) is 2. The van der Waals surface area contributed by atoms with Crippen LogP contribution in [0, 0.1) is 10.1 Å². The second-order valence-electron chi connectivity index (χ2n) is 7.02. The van der Waals surface area contributed by atoms with Crippen LogP contribution >= 0.6 is 0 Å². The van der Waals surface area contributed by atoms with Crippen molar-refractivity contribution in [2.75, 3.05) is 37.0 Å². The van der Waals surface area contributed by atoms with Crippen molar-refractivity contribution in [3.05, 3.63) is 58.1 Å². The quantitative estimate of drug-likeness (QED) is 0.366. The topological polar surface area (TPSA) is 143 Å². The van der Waals surface area contributed by atoms with Crippen molar-refractivity contribution in [3.8, 4) is 0 Å². The molecule has 1 aliphatic rings. The molecule has 11 nitrogen and oxygen atoms in total. The summed E-state index contributed by atoms with van der Waals surface area (Å²) < 4.78 is 32.0. The predicted octanol–water partition coefficient (Wildman–Crippen LogP) is 2.41. The average Bonchev–Trinajstić information content (AvgIpc) is 2.77. The lowest BCUT2D eigenvalue weighted by Crippen LogP contribution is -2.40. The van der Waals surface area contributed by atoms with E-state index in [2.05, 4.69) is 15.8 Å². The van der Waals surface area contributed by atoms with Crippen molar-refractivity contribution in [1.82, 2.24) is 4.31 Å². The molecule has 2 aromatic rings. The Labute approximate surface area is 185 Å². The van der Waals surface area contributed by atoms with Crippen LogP contribution in [0.15, 0.2) is 52.5 Å². The largest absolute Gasteiger partial charge is 0.379 e. The number of amides is 1. The van der Waals surface area contributed by atoms with Crippen LogP contribution in [-0.2, 0) is 19.6 Å². The summed E-state index contributed by atoms with van der Waals surface area (Å²) >= 11 is 0. The first-order valence-electron chi connectivity index (χ1n) is 9.73. The maximum absolute atomic E-state index is 12.8. The van der Waals surface area contributed by atoms with Crippen LogP contribution in [0.1, 0.15) is 19.4 Å². The van der Waals surface area contributed by atoms with Crippen molar-refractivity contribution in [1.29, 1.82) is 0 Å². The number of hydrogen-bond acceptors (Lipinski definition) is 8. The number of ether oxygens (including phenoxy) is 1. The molecular weight excluding hydrogens is 438 g/mol. The van der Waals surface area contributed by atoms with E-state index in [4.69, 9.17) is 4.74 Å². The highest BCUT2D eigenvalue weighted by Crippen LogP contribution is 2.29. The van der Waals surface area contributed by atoms with E-state index in [1.165, 1.54) is 23.4 Å². The molecule has 1 fully saturated rings. The van der Waals surface area contributed by atoms with Gasteiger partial charge in [-0.05, 0) is 36.8 Å². The van der Waals surface area contributed by atoms with Crippen molar-refractivity contribution in [2.45, 2.75) is 18.7 Å². The number of nitro groups is 1. The van der Waals surface area contributed by atoms with E-state index >= 15 is 0 Å². The van der Waals surface area contributed by atoms with Gasteiger partial charge in [0.1, 0.15) is 5.69 Å². The van der Waals surface area contributed by atoms with Crippen molar-refractivity contribution in [3.63, 3.8) is 0 Å². The molecule has 170 valence electrons. The van der Waals surface area contributed by atoms with Gasteiger partial charge < -0.3 is 10.1 Å². The molecule has 0 spiro atoms. The van der Waals surface area contributed by atoms with Gasteiger partial charge in [-0.25, -0.2) is 8.42 Å². The number of nitrogens with zero attached hydrogens (tertiary/aromatic N) is 3. The van der Waals surface area contributed by atoms with Crippen molar-refractivity contribution < 1.29 is 22.9 Å². The Morgan fingerprint density at radius 1 is 1.16 bits per heavy atom. The molecule has 0 unspecified atom stereocenters. The number of anilines is 2. The lowest BCUT2D eigenvalue weighted by atomic mass is 10.1. The summed E-state index contributed by atoms with van der Waals surface area (Å²) in [5.41, 5.74) is 4.07. The summed E-state index contributed by atoms with van der Waals surface area (Å²) in [5, 5.41) is 18.4. The molecule has 1 saturated heterocycles. The van der Waals surface area contributed by atoms with Crippen molar-refractivity contribution in [2.24, 2.45) is 5.10 Å². The van der Waals surface area contributed by atoms with E-state index in [-0.39, 0.29) is 42.8 Å². The summed E-state index contributed by atoms with van der Waals surface area (Å²) in [6.45, 7) is 4.03. The smallest absolute Gasteiger partial charge is 0.295 e. The summed E-state index contributed by atoms with van der Waals surface area (Å²) in [5.74, 6) is -0.211. The molecule has 1 heterocycles. The maximum atomic E-state index is 12.8. The third-order valence-corrected chi connectivity index (χ3v) is 6.61. The fourth-order valence-corrected chi connectivity index (χ4v) is 4.52. The summed E-state index contributed by atoms with van der Waals surface area (Å²) in [6, 6.07) is 10.6. The van der Waals surface area contributed by atoms with Crippen LogP contribution in [0.4, 0.5) is 17.1 Å². The van der Waals surface area contributed by atoms with E-state index in [1.807, 2.05) is 0 Å². The highest BCUT2D eigenvalue weighted by Gasteiger charge is 2.28. The third kappa shape index (κ3) is 5.46. The van der Waals surface area contributed by atoms with Gasteiger partial charge in [-0.1, -0.05) is 12.1 Å². The van der Waals surface area contributed by atoms with Gasteiger partial charge in [0, 0.05) is 31.8 Å². The molecule has 0 aliphatic carbocycles. The standard InChI is InChI=1S/C20H23N5O6S/c1-14(16-4-3-5-17(12-16)21-15(2)26)22-23-19-7-6-18(13-20(19)25(27)28)32(29,30)24-8-10-31-11-9-24/h3-7,12-13,23H,8-11H2,1-2H3,(H,21,26). The molecule has 0 bridgehead atoms. The van der Waals surface area contributed by atoms with Gasteiger partial charge in [-0.2, -0.15) is 9.41 Å². The van der Waals surface area contributed by atoms with Gasteiger partial charge in [0.2, 0.25) is 15.9 Å². The van der Waals surface area contributed by atoms with Crippen molar-refractivity contribution >= 4 is 38.7 Å². The zero-order valence-corrected chi connectivity index (χ0v) is 18.4. The molecule has 2 N–H and O–H groups in total. The van der Waals surface area contributed by atoms with E-state index in [9.17, 15) is 23.3 Å². The number of carbonyl (C=O) groups excluding carboxylic acids is 1. The Hall–Kier alpha value is -3.35. The summed E-state index contributed by atoms with van der Waals surface area (Å²) in [7, 11) is -3.87. The van der Waals surface area contributed by atoms with Crippen LogP contribution in [0.5, 0.6) is 0 Å². The number of nitrogens with one attached hydrogen (secondary N) is 2. The van der Waals surface area contributed by atoms with Gasteiger partial charge in [0.05, 0.1) is 28.7 Å². The fourth-order valence-electron chi connectivity index (χ4n) is 3.09. The molecule has 0 atom stereocenters. The molecule has 32 heavy (non-hydrogen) atoms.